The molecule has 2 aromatic carbocycles. The molecule has 0 radical (unpaired) electrons. The first-order valence-corrected chi connectivity index (χ1v) is 7.16. The predicted octanol–water partition coefficient (Wildman–Crippen LogP) is 3.57. The van der Waals surface area contributed by atoms with Crippen molar-refractivity contribution in [1.29, 1.82) is 0 Å². The van der Waals surface area contributed by atoms with Gasteiger partial charge >= 0.3 is 0 Å². The van der Waals surface area contributed by atoms with Gasteiger partial charge in [0.1, 0.15) is 5.75 Å². The zero-order valence-electron chi connectivity index (χ0n) is 11.5. The molecule has 5 heteroatoms. The lowest BCUT2D eigenvalue weighted by molar-refractivity contribution is 0.0925. The Morgan fingerprint density at radius 3 is 2.10 bits per heavy atom. The Bertz CT molecular complexity index is 735. The van der Waals surface area contributed by atoms with Crippen LogP contribution in [0.1, 0.15) is 26.3 Å². The average molecular weight is 346 g/mol. The van der Waals surface area contributed by atoms with Gasteiger partial charge in [0, 0.05) is 4.47 Å². The van der Waals surface area contributed by atoms with Crippen LogP contribution in [0.25, 0.3) is 0 Å². The fourth-order valence-corrected chi connectivity index (χ4v) is 2.81. The number of ether oxygens (including phenoxy) is 1. The van der Waals surface area contributed by atoms with E-state index in [1.807, 2.05) is 13.0 Å². The molecule has 2 aromatic rings. The number of halogens is 1. The van der Waals surface area contributed by atoms with E-state index in [-0.39, 0.29) is 11.8 Å². The number of fused-ring (bicyclic) bond motifs is 1. The standard InChI is InChI=1S/C16H12BrNO3/c1-9-12(17)7-8-13(21-2)14(9)18-15(19)10-5-3-4-6-11(10)16(18)20/h3-8H,1-2H3. The Hall–Kier alpha value is -2.14. The lowest BCUT2D eigenvalue weighted by atomic mass is 10.1. The number of benzene rings is 2. The smallest absolute Gasteiger partial charge is 0.266 e. The summed E-state index contributed by atoms with van der Waals surface area (Å²) >= 11 is 3.43. The van der Waals surface area contributed by atoms with Crippen molar-refractivity contribution in [2.24, 2.45) is 0 Å². The molecule has 2 amide bonds. The molecule has 0 fully saturated rings. The summed E-state index contributed by atoms with van der Waals surface area (Å²) in [4.78, 5) is 26.3. The molecule has 106 valence electrons. The summed E-state index contributed by atoms with van der Waals surface area (Å²) in [5.74, 6) is -0.157. The number of imide groups is 1. The Morgan fingerprint density at radius 1 is 1.00 bits per heavy atom. The van der Waals surface area contributed by atoms with E-state index in [2.05, 4.69) is 15.9 Å². The molecule has 0 bridgehead atoms. The van der Waals surface area contributed by atoms with Crippen molar-refractivity contribution in [2.75, 3.05) is 12.0 Å². The minimum atomic E-state index is -0.324. The van der Waals surface area contributed by atoms with Gasteiger partial charge in [-0.1, -0.05) is 28.1 Å². The molecule has 0 unspecified atom stereocenters. The van der Waals surface area contributed by atoms with Gasteiger partial charge in [-0.2, -0.15) is 0 Å². The number of hydrogen-bond donors (Lipinski definition) is 0. The molecule has 0 N–H and O–H groups in total. The Labute approximate surface area is 130 Å². The maximum absolute atomic E-state index is 12.6. The van der Waals surface area contributed by atoms with Crippen LogP contribution in [0.3, 0.4) is 0 Å². The minimum absolute atomic E-state index is 0.324. The maximum Gasteiger partial charge on any atom is 0.266 e. The summed E-state index contributed by atoms with van der Waals surface area (Å²) in [6.45, 7) is 1.84. The highest BCUT2D eigenvalue weighted by Crippen LogP contribution is 2.40. The van der Waals surface area contributed by atoms with Crippen LogP contribution in [0.5, 0.6) is 5.75 Å². The van der Waals surface area contributed by atoms with Crippen molar-refractivity contribution in [2.45, 2.75) is 6.92 Å². The van der Waals surface area contributed by atoms with Crippen LogP contribution in [-0.4, -0.2) is 18.9 Å². The number of rotatable bonds is 2. The van der Waals surface area contributed by atoms with Gasteiger partial charge in [-0.3, -0.25) is 9.59 Å². The zero-order valence-corrected chi connectivity index (χ0v) is 13.1. The molecule has 1 aliphatic rings. The zero-order chi connectivity index (χ0) is 15.1. The van der Waals surface area contributed by atoms with Crippen LogP contribution in [0, 0.1) is 6.92 Å². The van der Waals surface area contributed by atoms with E-state index >= 15 is 0 Å². The SMILES string of the molecule is COc1ccc(Br)c(C)c1N1C(=O)c2ccccc2C1=O. The Morgan fingerprint density at radius 2 is 1.57 bits per heavy atom. The number of methoxy groups -OCH3 is 1. The van der Waals surface area contributed by atoms with Crippen molar-refractivity contribution in [1.82, 2.24) is 0 Å². The molecule has 0 aromatic heterocycles. The molecule has 0 atom stereocenters. The summed E-state index contributed by atoms with van der Waals surface area (Å²) in [5, 5.41) is 0. The molecule has 0 saturated carbocycles. The topological polar surface area (TPSA) is 46.6 Å². The van der Waals surface area contributed by atoms with Crippen molar-refractivity contribution >= 4 is 33.4 Å². The molecule has 1 aliphatic heterocycles. The largest absolute Gasteiger partial charge is 0.495 e. The van der Waals surface area contributed by atoms with Crippen LogP contribution in [0.4, 0.5) is 5.69 Å². The third kappa shape index (κ3) is 1.96. The fourth-order valence-electron chi connectivity index (χ4n) is 2.49. The van der Waals surface area contributed by atoms with Gasteiger partial charge in [-0.15, -0.1) is 0 Å². The van der Waals surface area contributed by atoms with Gasteiger partial charge in [0.05, 0.1) is 23.9 Å². The average Bonchev–Trinajstić information content (AvgIpc) is 2.75. The van der Waals surface area contributed by atoms with E-state index in [0.717, 1.165) is 10.0 Å². The van der Waals surface area contributed by atoms with E-state index in [1.165, 1.54) is 12.0 Å². The maximum atomic E-state index is 12.6. The lowest BCUT2D eigenvalue weighted by Crippen LogP contribution is -2.30. The van der Waals surface area contributed by atoms with Crippen LogP contribution >= 0.6 is 15.9 Å². The van der Waals surface area contributed by atoms with Crippen LogP contribution in [-0.2, 0) is 0 Å². The van der Waals surface area contributed by atoms with Gasteiger partial charge in [0.15, 0.2) is 0 Å². The Kier molecular flexibility index (Phi) is 3.29. The normalized spacial score (nSPS) is 13.6. The van der Waals surface area contributed by atoms with E-state index in [0.29, 0.717) is 22.6 Å². The molecule has 21 heavy (non-hydrogen) atoms. The molecule has 4 nitrogen and oxygen atoms in total. The summed E-state index contributed by atoms with van der Waals surface area (Å²) in [6.07, 6.45) is 0. The predicted molar refractivity (Wildman–Crippen MR) is 83.0 cm³/mol. The third-order valence-corrected chi connectivity index (χ3v) is 4.42. The highest BCUT2D eigenvalue weighted by Gasteiger charge is 2.38. The van der Waals surface area contributed by atoms with Crippen molar-refractivity contribution in [3.8, 4) is 5.75 Å². The first-order chi connectivity index (χ1) is 10.1. The van der Waals surface area contributed by atoms with E-state index in [1.54, 1.807) is 30.3 Å². The number of anilines is 1. The van der Waals surface area contributed by atoms with Gasteiger partial charge in [0.2, 0.25) is 0 Å². The van der Waals surface area contributed by atoms with Crippen LogP contribution in [0.2, 0.25) is 0 Å². The summed E-state index contributed by atoms with van der Waals surface area (Å²) in [7, 11) is 1.52. The van der Waals surface area contributed by atoms with Crippen LogP contribution < -0.4 is 9.64 Å². The van der Waals surface area contributed by atoms with Gasteiger partial charge in [0.25, 0.3) is 11.8 Å². The Balaban J connectivity index is 2.22. The molecular weight excluding hydrogens is 334 g/mol. The second kappa shape index (κ2) is 5.00. The van der Waals surface area contributed by atoms with Gasteiger partial charge < -0.3 is 4.74 Å². The highest BCUT2D eigenvalue weighted by molar-refractivity contribution is 9.10. The van der Waals surface area contributed by atoms with Crippen molar-refractivity contribution in [3.63, 3.8) is 0 Å². The van der Waals surface area contributed by atoms with E-state index < -0.39 is 0 Å². The van der Waals surface area contributed by atoms with E-state index in [9.17, 15) is 9.59 Å². The molecular formula is C16H12BrNO3. The third-order valence-electron chi connectivity index (χ3n) is 3.57. The number of hydrogen-bond acceptors (Lipinski definition) is 3. The second-order valence-corrected chi connectivity index (χ2v) is 5.57. The second-order valence-electron chi connectivity index (χ2n) is 4.71. The van der Waals surface area contributed by atoms with Crippen molar-refractivity contribution in [3.05, 3.63) is 57.6 Å². The summed E-state index contributed by atoms with van der Waals surface area (Å²) in [6, 6.07) is 10.4. The number of carbonyl (C=O) groups excluding carboxylic acids is 2. The first kappa shape index (κ1) is 13.8. The molecule has 1 heterocycles. The molecule has 0 aliphatic carbocycles. The van der Waals surface area contributed by atoms with Crippen LogP contribution in [0.15, 0.2) is 40.9 Å². The van der Waals surface area contributed by atoms with Crippen molar-refractivity contribution < 1.29 is 14.3 Å². The monoisotopic (exact) mass is 345 g/mol. The number of carbonyl (C=O) groups is 2. The van der Waals surface area contributed by atoms with Gasteiger partial charge in [-0.05, 0) is 36.8 Å². The first-order valence-electron chi connectivity index (χ1n) is 6.37. The quantitative estimate of drug-likeness (QED) is 0.781. The molecule has 0 spiro atoms. The van der Waals surface area contributed by atoms with E-state index in [4.69, 9.17) is 4.74 Å². The highest BCUT2D eigenvalue weighted by atomic mass is 79.9. The molecule has 3 rings (SSSR count). The summed E-state index contributed by atoms with van der Waals surface area (Å²) < 4.78 is 6.14. The fraction of sp³-hybridized carbons (Fsp3) is 0.125. The number of amides is 2. The lowest BCUT2D eigenvalue weighted by Gasteiger charge is -2.20. The summed E-state index contributed by atoms with van der Waals surface area (Å²) in [5.41, 5.74) is 2.11. The minimum Gasteiger partial charge on any atom is -0.495 e. The van der Waals surface area contributed by atoms with Gasteiger partial charge in [-0.25, -0.2) is 4.90 Å². The number of nitrogens with zero attached hydrogens (tertiary/aromatic N) is 1. The molecule has 0 saturated heterocycles.